The molecular weight excluding hydrogens is 437 g/mol. The van der Waals surface area contributed by atoms with Gasteiger partial charge in [0.25, 0.3) is 5.91 Å². The van der Waals surface area contributed by atoms with Crippen LogP contribution in [0.5, 0.6) is 0 Å². The lowest BCUT2D eigenvalue weighted by Gasteiger charge is -2.60. The van der Waals surface area contributed by atoms with Crippen LogP contribution in [-0.4, -0.2) is 22.8 Å². The fourth-order valence-corrected chi connectivity index (χ4v) is 7.49. The van der Waals surface area contributed by atoms with Gasteiger partial charge in [0, 0.05) is 9.35 Å². The number of halogens is 3. The molecule has 1 aromatic rings. The third-order valence-electron chi connectivity index (χ3n) is 6.20. The Kier molecular flexibility index (Phi) is 5.00. The molecule has 2 unspecified atom stereocenters. The molecule has 4 saturated carbocycles. The summed E-state index contributed by atoms with van der Waals surface area (Å²) in [5.41, 5.74) is 0.0199. The minimum absolute atomic E-state index is 0.00340. The van der Waals surface area contributed by atoms with E-state index >= 15 is 0 Å². The molecule has 0 heterocycles. The van der Waals surface area contributed by atoms with Gasteiger partial charge in [0.1, 0.15) is 5.82 Å². The monoisotopic (exact) mass is 457 g/mol. The van der Waals surface area contributed by atoms with Crippen LogP contribution in [0.3, 0.4) is 0 Å². The molecule has 4 aliphatic rings. The number of benzene rings is 1. The van der Waals surface area contributed by atoms with Crippen molar-refractivity contribution < 1.29 is 18.7 Å². The van der Waals surface area contributed by atoms with E-state index in [0.29, 0.717) is 18.3 Å². The summed E-state index contributed by atoms with van der Waals surface area (Å²) in [5, 5.41) is 2.65. The molecule has 1 amide bonds. The lowest BCUT2D eigenvalue weighted by molar-refractivity contribution is -0.153. The van der Waals surface area contributed by atoms with Gasteiger partial charge < -0.3 is 10.1 Å². The van der Waals surface area contributed by atoms with Crippen molar-refractivity contribution in [2.75, 3.05) is 11.9 Å². The topological polar surface area (TPSA) is 55.4 Å². The Morgan fingerprint density at radius 2 is 1.96 bits per heavy atom. The Labute approximate surface area is 171 Å². The zero-order chi connectivity index (χ0) is 19.2. The molecule has 7 heteroatoms. The Morgan fingerprint density at radius 1 is 1.26 bits per heavy atom. The SMILES string of the molecule is O=C(COC(=O)CC12C[C@@H]3C[C@@H](CC(Br)(C3)C1)C2)Nc1ccc(Cl)cc1F. The number of carbonyl (C=O) groups is 2. The molecule has 1 aromatic carbocycles. The first-order valence-corrected chi connectivity index (χ1v) is 10.5. The quantitative estimate of drug-likeness (QED) is 0.494. The van der Waals surface area contributed by atoms with Gasteiger partial charge in [-0.1, -0.05) is 27.5 Å². The molecule has 27 heavy (non-hydrogen) atoms. The number of alkyl halides is 1. The summed E-state index contributed by atoms with van der Waals surface area (Å²) >= 11 is 9.62. The second-order valence-electron chi connectivity index (χ2n) is 8.62. The summed E-state index contributed by atoms with van der Waals surface area (Å²) in [6, 6.07) is 3.98. The highest BCUT2D eigenvalue weighted by Gasteiger charge is 2.57. The number of anilines is 1. The van der Waals surface area contributed by atoms with E-state index in [1.807, 2.05) is 0 Å². The van der Waals surface area contributed by atoms with E-state index in [0.717, 1.165) is 25.3 Å². The number of rotatable bonds is 5. The molecule has 5 rings (SSSR count). The molecular formula is C20H22BrClFNO3. The number of ether oxygens (including phenoxy) is 1. The van der Waals surface area contributed by atoms with E-state index < -0.39 is 18.3 Å². The number of hydrogen-bond acceptors (Lipinski definition) is 3. The second kappa shape index (κ2) is 7.03. The van der Waals surface area contributed by atoms with Crippen molar-refractivity contribution >= 4 is 45.1 Å². The fraction of sp³-hybridized carbons (Fsp3) is 0.600. The molecule has 4 aliphatic carbocycles. The average molecular weight is 459 g/mol. The van der Waals surface area contributed by atoms with E-state index in [-0.39, 0.29) is 26.4 Å². The van der Waals surface area contributed by atoms with Gasteiger partial charge >= 0.3 is 5.97 Å². The van der Waals surface area contributed by atoms with Crippen LogP contribution < -0.4 is 5.32 Å². The van der Waals surface area contributed by atoms with Gasteiger partial charge in [-0.25, -0.2) is 4.39 Å². The highest BCUT2D eigenvalue weighted by molar-refractivity contribution is 9.10. The van der Waals surface area contributed by atoms with Crippen molar-refractivity contribution in [2.45, 2.75) is 49.3 Å². The largest absolute Gasteiger partial charge is 0.456 e. The maximum Gasteiger partial charge on any atom is 0.306 e. The van der Waals surface area contributed by atoms with Gasteiger partial charge in [-0.05, 0) is 74.0 Å². The first kappa shape index (κ1) is 19.2. The van der Waals surface area contributed by atoms with Gasteiger partial charge in [-0.2, -0.15) is 0 Å². The highest BCUT2D eigenvalue weighted by Crippen LogP contribution is 2.65. The molecule has 4 atom stereocenters. The molecule has 0 saturated heterocycles. The Hall–Kier alpha value is -1.14. The van der Waals surface area contributed by atoms with Crippen LogP contribution in [0.15, 0.2) is 18.2 Å². The van der Waals surface area contributed by atoms with Crippen LogP contribution in [0, 0.1) is 23.1 Å². The zero-order valence-corrected chi connectivity index (χ0v) is 17.2. The standard InChI is InChI=1S/C20H22BrClFNO3/c21-20-7-12-3-13(8-20)6-19(5-12,11-20)9-18(26)27-10-17(25)24-16-2-1-14(22)4-15(16)23/h1-2,4,12-13H,3,5-11H2,(H,24,25)/t12-,13+,19?,20?. The van der Waals surface area contributed by atoms with Crippen molar-refractivity contribution in [3.8, 4) is 0 Å². The first-order valence-electron chi connectivity index (χ1n) is 9.34. The van der Waals surface area contributed by atoms with Crippen molar-refractivity contribution in [3.05, 3.63) is 29.0 Å². The summed E-state index contributed by atoms with van der Waals surface area (Å²) in [4.78, 5) is 24.4. The smallest absolute Gasteiger partial charge is 0.306 e. The summed E-state index contributed by atoms with van der Waals surface area (Å²) < 4.78 is 19.1. The summed E-state index contributed by atoms with van der Waals surface area (Å²) in [5.74, 6) is -0.158. The van der Waals surface area contributed by atoms with E-state index in [4.69, 9.17) is 16.3 Å². The van der Waals surface area contributed by atoms with Crippen molar-refractivity contribution in [1.29, 1.82) is 0 Å². The van der Waals surface area contributed by atoms with E-state index in [1.54, 1.807) is 0 Å². The van der Waals surface area contributed by atoms with Crippen molar-refractivity contribution in [2.24, 2.45) is 17.3 Å². The normalized spacial score (nSPS) is 33.7. The summed E-state index contributed by atoms with van der Waals surface area (Å²) in [6.45, 7) is -0.413. The molecule has 0 spiro atoms. The average Bonchev–Trinajstić information content (AvgIpc) is 2.53. The maximum absolute atomic E-state index is 13.7. The number of nitrogens with one attached hydrogen (secondary N) is 1. The molecule has 146 valence electrons. The van der Waals surface area contributed by atoms with Crippen LogP contribution >= 0.6 is 27.5 Å². The van der Waals surface area contributed by atoms with Gasteiger partial charge in [-0.3, -0.25) is 9.59 Å². The predicted molar refractivity (Wildman–Crippen MR) is 104 cm³/mol. The lowest BCUT2D eigenvalue weighted by Crippen LogP contribution is -2.53. The fourth-order valence-electron chi connectivity index (χ4n) is 5.82. The Bertz CT molecular complexity index is 772. The molecule has 4 fully saturated rings. The van der Waals surface area contributed by atoms with Crippen LogP contribution in [-0.2, 0) is 14.3 Å². The number of carbonyl (C=O) groups excluding carboxylic acids is 2. The van der Waals surface area contributed by atoms with E-state index in [2.05, 4.69) is 21.2 Å². The number of hydrogen-bond donors (Lipinski definition) is 1. The van der Waals surface area contributed by atoms with Crippen LogP contribution in [0.25, 0.3) is 0 Å². The highest BCUT2D eigenvalue weighted by atomic mass is 79.9. The Balaban J connectivity index is 1.30. The number of esters is 1. The van der Waals surface area contributed by atoms with Gasteiger partial charge in [0.15, 0.2) is 6.61 Å². The molecule has 4 bridgehead atoms. The summed E-state index contributed by atoms with van der Waals surface area (Å²) in [7, 11) is 0. The molecule has 0 aliphatic heterocycles. The third kappa shape index (κ3) is 4.16. The number of amides is 1. The predicted octanol–water partition coefficient (Wildman–Crippen LogP) is 5.08. The van der Waals surface area contributed by atoms with Crippen LogP contribution in [0.2, 0.25) is 5.02 Å². The molecule has 0 aromatic heterocycles. The minimum atomic E-state index is -0.627. The minimum Gasteiger partial charge on any atom is -0.456 e. The summed E-state index contributed by atoms with van der Waals surface area (Å²) in [6.07, 6.45) is 7.20. The maximum atomic E-state index is 13.7. The first-order chi connectivity index (χ1) is 12.7. The van der Waals surface area contributed by atoms with Crippen LogP contribution in [0.4, 0.5) is 10.1 Å². The van der Waals surface area contributed by atoms with Gasteiger partial charge in [0.2, 0.25) is 0 Å². The lowest BCUT2D eigenvalue weighted by atomic mass is 9.49. The van der Waals surface area contributed by atoms with Crippen molar-refractivity contribution in [3.63, 3.8) is 0 Å². The molecule has 4 nitrogen and oxygen atoms in total. The van der Waals surface area contributed by atoms with Crippen LogP contribution in [0.1, 0.15) is 44.9 Å². The third-order valence-corrected chi connectivity index (χ3v) is 7.36. The van der Waals surface area contributed by atoms with E-state index in [9.17, 15) is 14.0 Å². The van der Waals surface area contributed by atoms with Crippen molar-refractivity contribution in [1.82, 2.24) is 0 Å². The van der Waals surface area contributed by atoms with Gasteiger partial charge in [-0.15, -0.1) is 0 Å². The molecule has 1 N–H and O–H groups in total. The Morgan fingerprint density at radius 3 is 2.59 bits per heavy atom. The second-order valence-corrected chi connectivity index (χ2v) is 10.7. The van der Waals surface area contributed by atoms with E-state index in [1.165, 1.54) is 31.4 Å². The zero-order valence-electron chi connectivity index (χ0n) is 14.9. The molecule has 0 radical (unpaired) electrons. The van der Waals surface area contributed by atoms with Gasteiger partial charge in [0.05, 0.1) is 12.1 Å².